The number of hydrogen-bond donors (Lipinski definition) is 0. The predicted octanol–water partition coefficient (Wildman–Crippen LogP) is 4.35. The van der Waals surface area contributed by atoms with Crippen molar-refractivity contribution in [2.75, 3.05) is 0 Å². The molecule has 0 aliphatic rings. The summed E-state index contributed by atoms with van der Waals surface area (Å²) >= 11 is 0. The van der Waals surface area contributed by atoms with Crippen molar-refractivity contribution in [1.82, 2.24) is 0 Å². The first kappa shape index (κ1) is 18.5. The Bertz CT molecular complexity index is 89.7. The summed E-state index contributed by atoms with van der Waals surface area (Å²) in [6, 6.07) is 0. The van der Waals surface area contributed by atoms with Gasteiger partial charge in [-0.15, -0.1) is 12.8 Å². The second kappa shape index (κ2) is 22.6. The minimum absolute atomic E-state index is 0. The Hall–Kier alpha value is -0.261. The molecule has 0 aliphatic carbocycles. The average Bonchev–Trinajstić information content (AvgIpc) is 2.12. The number of unbranched alkanes of at least 4 members (excludes halogenated alkanes) is 2. The molecule has 0 saturated heterocycles. The molecule has 0 heterocycles. The molecular weight excluding hydrogens is 208 g/mol. The van der Waals surface area contributed by atoms with E-state index in [1.807, 2.05) is 12.2 Å². The van der Waals surface area contributed by atoms with E-state index >= 15 is 0 Å². The molecule has 0 spiro atoms. The Morgan fingerprint density at radius 2 is 1.15 bits per heavy atom. The van der Waals surface area contributed by atoms with E-state index < -0.39 is 0 Å². The van der Waals surface area contributed by atoms with Crippen LogP contribution in [0.4, 0.5) is 0 Å². The Balaban J connectivity index is -0.000000143. The van der Waals surface area contributed by atoms with Crippen LogP contribution in [0.5, 0.6) is 0 Å². The van der Waals surface area contributed by atoms with Crippen molar-refractivity contribution < 1.29 is 17.1 Å². The van der Waals surface area contributed by atoms with Gasteiger partial charge in [-0.05, 0) is 0 Å². The first-order chi connectivity index (χ1) is 5.83. The first-order valence-electron chi connectivity index (χ1n) is 4.71. The Kier molecular flexibility index (Phi) is 32.2. The van der Waals surface area contributed by atoms with E-state index in [1.54, 1.807) is 0 Å². The average molecular weight is 230 g/mol. The minimum Gasteiger partial charge on any atom is -0.245 e. The van der Waals surface area contributed by atoms with Gasteiger partial charge in [-0.2, -0.15) is 0 Å². The fourth-order valence-corrected chi connectivity index (χ4v) is 0.569. The van der Waals surface area contributed by atoms with E-state index in [1.165, 1.54) is 25.7 Å². The van der Waals surface area contributed by atoms with Crippen LogP contribution < -0.4 is 0 Å². The van der Waals surface area contributed by atoms with Gasteiger partial charge in [-0.3, -0.25) is 0 Å². The summed E-state index contributed by atoms with van der Waals surface area (Å²) in [5.74, 6) is 0. The molecule has 0 atom stereocenters. The maximum Gasteiger partial charge on any atom is 2.00 e. The second-order valence-corrected chi connectivity index (χ2v) is 2.52. The summed E-state index contributed by atoms with van der Waals surface area (Å²) in [5, 5.41) is 0. The molecule has 0 aromatic carbocycles. The topological polar surface area (TPSA) is 0 Å². The zero-order valence-electron chi connectivity index (χ0n) is 8.85. The molecule has 0 aliphatic heterocycles. The van der Waals surface area contributed by atoms with Crippen molar-refractivity contribution in [3.05, 3.63) is 38.2 Å². The Morgan fingerprint density at radius 3 is 1.23 bits per heavy atom. The van der Waals surface area contributed by atoms with E-state index in [2.05, 4.69) is 39.8 Å². The van der Waals surface area contributed by atoms with E-state index in [9.17, 15) is 0 Å². The number of allylic oxidation sites excluding steroid dienone is 4. The summed E-state index contributed by atoms with van der Waals surface area (Å²) < 4.78 is 0. The van der Waals surface area contributed by atoms with E-state index in [4.69, 9.17) is 0 Å². The van der Waals surface area contributed by atoms with Crippen molar-refractivity contribution >= 4 is 0 Å². The monoisotopic (exact) mass is 229 g/mol. The number of rotatable bonds is 4. The molecule has 13 heavy (non-hydrogen) atoms. The second-order valence-electron chi connectivity index (χ2n) is 2.52. The van der Waals surface area contributed by atoms with Gasteiger partial charge in [0.25, 0.3) is 0 Å². The standard InChI is InChI=1S/2C6H11.Cu/c2*1-3-5-6-4-2;/h2*3,5H,1,4,6H2,2H3;/q2*-1;+2/b2*5-3+;. The summed E-state index contributed by atoms with van der Waals surface area (Å²) in [5.41, 5.74) is 0. The molecule has 0 bridgehead atoms. The van der Waals surface area contributed by atoms with Crippen molar-refractivity contribution in [2.45, 2.75) is 39.5 Å². The molecule has 0 saturated carbocycles. The first-order valence-corrected chi connectivity index (χ1v) is 4.71. The van der Waals surface area contributed by atoms with Crippen molar-refractivity contribution in [3.63, 3.8) is 0 Å². The van der Waals surface area contributed by atoms with E-state index in [-0.39, 0.29) is 17.1 Å². The summed E-state index contributed by atoms with van der Waals surface area (Å²) in [4.78, 5) is 0. The van der Waals surface area contributed by atoms with Crippen LogP contribution >= 0.6 is 0 Å². The number of hydrogen-bond acceptors (Lipinski definition) is 0. The van der Waals surface area contributed by atoms with Gasteiger partial charge in [0.15, 0.2) is 0 Å². The molecule has 1 heteroatoms. The van der Waals surface area contributed by atoms with Crippen LogP contribution in [0.2, 0.25) is 0 Å². The molecule has 0 unspecified atom stereocenters. The van der Waals surface area contributed by atoms with Gasteiger partial charge in [0.2, 0.25) is 0 Å². The van der Waals surface area contributed by atoms with Crippen LogP contribution in [0, 0.1) is 13.8 Å². The smallest absolute Gasteiger partial charge is 0.245 e. The fourth-order valence-electron chi connectivity index (χ4n) is 0.569. The maximum atomic E-state index is 3.54. The summed E-state index contributed by atoms with van der Waals surface area (Å²) in [7, 11) is 0. The van der Waals surface area contributed by atoms with Gasteiger partial charge in [-0.25, -0.2) is 38.2 Å². The van der Waals surface area contributed by atoms with Crippen LogP contribution in [0.1, 0.15) is 39.5 Å². The molecule has 0 amide bonds. The van der Waals surface area contributed by atoms with Gasteiger partial charge in [0.1, 0.15) is 0 Å². The zero-order chi connectivity index (χ0) is 9.66. The van der Waals surface area contributed by atoms with E-state index in [0.29, 0.717) is 0 Å². The van der Waals surface area contributed by atoms with Gasteiger partial charge >= 0.3 is 17.1 Å². The fraction of sp³-hybridized carbons (Fsp3) is 0.500. The molecule has 0 aromatic rings. The molecule has 0 fully saturated rings. The quantitative estimate of drug-likeness (QED) is 0.497. The molecule has 0 aromatic heterocycles. The Morgan fingerprint density at radius 1 is 0.846 bits per heavy atom. The zero-order valence-corrected chi connectivity index (χ0v) is 9.80. The van der Waals surface area contributed by atoms with Crippen LogP contribution in [0.3, 0.4) is 0 Å². The summed E-state index contributed by atoms with van der Waals surface area (Å²) in [6.45, 7) is 11.4. The molecule has 81 valence electrons. The van der Waals surface area contributed by atoms with Gasteiger partial charge in [-0.1, -0.05) is 26.7 Å². The third-order valence-corrected chi connectivity index (χ3v) is 1.24. The largest absolute Gasteiger partial charge is 2.00 e. The summed E-state index contributed by atoms with van der Waals surface area (Å²) in [6.07, 6.45) is 12.6. The van der Waals surface area contributed by atoms with Crippen molar-refractivity contribution in [1.29, 1.82) is 0 Å². The van der Waals surface area contributed by atoms with Gasteiger partial charge in [0.05, 0.1) is 0 Å². The SMILES string of the molecule is [CH2-]/C=C/CCC.[CH2-]/C=C/CCC.[Cu+2]. The van der Waals surface area contributed by atoms with Gasteiger partial charge < -0.3 is 0 Å². The molecule has 0 rings (SSSR count). The van der Waals surface area contributed by atoms with E-state index in [0.717, 1.165) is 0 Å². The van der Waals surface area contributed by atoms with Crippen LogP contribution in [-0.2, 0) is 17.1 Å². The molecular formula is C12H22Cu. The molecule has 1 radical (unpaired) electrons. The normalized spacial score (nSPS) is 9.38. The maximum absolute atomic E-state index is 3.54. The molecule has 0 nitrogen and oxygen atoms in total. The van der Waals surface area contributed by atoms with Crippen LogP contribution in [0.25, 0.3) is 0 Å². The van der Waals surface area contributed by atoms with Crippen molar-refractivity contribution in [3.8, 4) is 0 Å². The van der Waals surface area contributed by atoms with Gasteiger partial charge in [0, 0.05) is 0 Å². The third kappa shape index (κ3) is 33.8. The van der Waals surface area contributed by atoms with Crippen LogP contribution in [-0.4, -0.2) is 0 Å². The molecule has 0 N–H and O–H groups in total. The predicted molar refractivity (Wildman–Crippen MR) is 58.8 cm³/mol. The van der Waals surface area contributed by atoms with Crippen molar-refractivity contribution in [2.24, 2.45) is 0 Å². The Labute approximate surface area is 95.0 Å². The third-order valence-electron chi connectivity index (χ3n) is 1.24. The minimum atomic E-state index is 0. The van der Waals surface area contributed by atoms with Crippen LogP contribution in [0.15, 0.2) is 24.3 Å².